The van der Waals surface area contributed by atoms with Crippen molar-refractivity contribution in [3.8, 4) is 5.75 Å². The number of rotatable bonds is 4. The van der Waals surface area contributed by atoms with Crippen molar-refractivity contribution >= 4 is 34.0 Å². The topological polar surface area (TPSA) is 106 Å². The van der Waals surface area contributed by atoms with E-state index in [9.17, 15) is 14.7 Å². The summed E-state index contributed by atoms with van der Waals surface area (Å²) in [6.45, 7) is 3.59. The predicted molar refractivity (Wildman–Crippen MR) is 148 cm³/mol. The van der Waals surface area contributed by atoms with Crippen LogP contribution in [0.5, 0.6) is 5.75 Å². The number of methoxy groups -OCH3 is 1. The summed E-state index contributed by atoms with van der Waals surface area (Å²) >= 11 is 0. The van der Waals surface area contributed by atoms with E-state index in [4.69, 9.17) is 4.74 Å². The van der Waals surface area contributed by atoms with Crippen LogP contribution in [0.2, 0.25) is 0 Å². The van der Waals surface area contributed by atoms with Crippen LogP contribution in [0.3, 0.4) is 0 Å². The highest BCUT2D eigenvalue weighted by atomic mass is 16.5. The second-order valence-electron chi connectivity index (χ2n) is 9.87. The average Bonchev–Trinajstić information content (AvgIpc) is 3.04. The first-order valence-corrected chi connectivity index (χ1v) is 13.0. The number of aliphatic hydroxyl groups excluding tert-OH is 1. The first-order chi connectivity index (χ1) is 18.4. The van der Waals surface area contributed by atoms with Crippen LogP contribution in [-0.4, -0.2) is 62.8 Å². The summed E-state index contributed by atoms with van der Waals surface area (Å²) in [6.07, 6.45) is -0.0614. The fourth-order valence-corrected chi connectivity index (χ4v) is 5.28. The molecule has 0 saturated heterocycles. The number of nitrogens with zero attached hydrogens (tertiary/aromatic N) is 2. The number of fused-ring (bicyclic) bond motifs is 5. The highest BCUT2D eigenvalue weighted by Crippen LogP contribution is 2.37. The minimum Gasteiger partial charge on any atom is -0.496 e. The van der Waals surface area contributed by atoms with Gasteiger partial charge in [-0.25, -0.2) is 0 Å². The van der Waals surface area contributed by atoms with Gasteiger partial charge in [0.15, 0.2) is 0 Å². The van der Waals surface area contributed by atoms with Crippen LogP contribution in [0.1, 0.15) is 30.7 Å². The van der Waals surface area contributed by atoms with E-state index in [0.717, 1.165) is 39.7 Å². The smallest absolute Gasteiger partial charge is 0.251 e. The van der Waals surface area contributed by atoms with Crippen LogP contribution < -0.4 is 30.5 Å². The Bertz CT molecular complexity index is 1350. The van der Waals surface area contributed by atoms with Crippen molar-refractivity contribution in [3.63, 3.8) is 0 Å². The van der Waals surface area contributed by atoms with E-state index in [1.54, 1.807) is 26.0 Å². The first kappa shape index (κ1) is 26.0. The molecular formula is C29H35N5O4. The van der Waals surface area contributed by atoms with Crippen LogP contribution >= 0.6 is 0 Å². The van der Waals surface area contributed by atoms with Crippen LogP contribution in [0.15, 0.2) is 54.6 Å². The molecule has 3 unspecified atom stereocenters. The van der Waals surface area contributed by atoms with Crippen LogP contribution in [0.25, 0.3) is 10.8 Å². The lowest BCUT2D eigenvalue weighted by atomic mass is 9.99. The molecule has 3 aromatic rings. The summed E-state index contributed by atoms with van der Waals surface area (Å²) in [4.78, 5) is 31.0. The van der Waals surface area contributed by atoms with Gasteiger partial charge in [-0.1, -0.05) is 30.3 Å². The third-order valence-electron chi connectivity index (χ3n) is 7.53. The highest BCUT2D eigenvalue weighted by Gasteiger charge is 2.36. The summed E-state index contributed by atoms with van der Waals surface area (Å²) in [5, 5.41) is 21.8. The van der Waals surface area contributed by atoms with Gasteiger partial charge in [0.05, 0.1) is 31.1 Å². The minimum atomic E-state index is -0.795. The number of amides is 2. The van der Waals surface area contributed by atoms with E-state index in [2.05, 4.69) is 20.9 Å². The van der Waals surface area contributed by atoms with E-state index < -0.39 is 18.3 Å². The Kier molecular flexibility index (Phi) is 7.51. The van der Waals surface area contributed by atoms with E-state index in [0.29, 0.717) is 25.4 Å². The monoisotopic (exact) mass is 517 g/mol. The second kappa shape index (κ2) is 11.0. The zero-order chi connectivity index (χ0) is 26.8. The maximum absolute atomic E-state index is 14.2. The van der Waals surface area contributed by atoms with Gasteiger partial charge in [-0.15, -0.1) is 0 Å². The molecule has 6 bridgehead atoms. The summed E-state index contributed by atoms with van der Waals surface area (Å²) in [5.74, 6) is 0.267. The maximum Gasteiger partial charge on any atom is 0.251 e. The number of carbonyl (C=O) groups excluding carboxylic acids is 2. The lowest BCUT2D eigenvalue weighted by molar-refractivity contribution is -0.128. The average molecular weight is 518 g/mol. The van der Waals surface area contributed by atoms with Crippen molar-refractivity contribution in [1.29, 1.82) is 0 Å². The molecule has 9 heteroatoms. The van der Waals surface area contributed by atoms with Gasteiger partial charge in [0.25, 0.3) is 5.91 Å². The molecule has 9 nitrogen and oxygen atoms in total. The Balaban J connectivity index is 1.67. The maximum atomic E-state index is 14.2. The lowest BCUT2D eigenvalue weighted by Gasteiger charge is -2.28. The van der Waals surface area contributed by atoms with E-state index >= 15 is 0 Å². The van der Waals surface area contributed by atoms with Crippen molar-refractivity contribution in [3.05, 3.63) is 65.7 Å². The van der Waals surface area contributed by atoms with Gasteiger partial charge in [-0.05, 0) is 67.5 Å². The molecule has 4 N–H and O–H groups in total. The molecule has 0 fully saturated rings. The molecule has 3 aliphatic rings. The van der Waals surface area contributed by atoms with E-state index in [-0.39, 0.29) is 18.4 Å². The summed E-state index contributed by atoms with van der Waals surface area (Å²) in [5.41, 5.74) is 3.36. The van der Waals surface area contributed by atoms with Gasteiger partial charge in [0.1, 0.15) is 18.0 Å². The molecule has 3 aliphatic heterocycles. The zero-order valence-corrected chi connectivity index (χ0v) is 22.0. The number of aliphatic hydroxyl groups is 1. The molecule has 3 aromatic carbocycles. The van der Waals surface area contributed by atoms with Gasteiger partial charge < -0.3 is 30.3 Å². The Morgan fingerprint density at radius 2 is 1.95 bits per heavy atom. The second-order valence-corrected chi connectivity index (χ2v) is 9.87. The largest absolute Gasteiger partial charge is 0.496 e. The number of ether oxygens (including phenoxy) is 1. The zero-order valence-electron chi connectivity index (χ0n) is 22.0. The molecule has 2 amide bonds. The Labute approximate surface area is 222 Å². The van der Waals surface area contributed by atoms with Gasteiger partial charge in [-0.2, -0.15) is 0 Å². The normalized spacial score (nSPS) is 20.6. The number of hydrogen-bond acceptors (Lipinski definition) is 7. The fourth-order valence-electron chi connectivity index (χ4n) is 5.28. The highest BCUT2D eigenvalue weighted by molar-refractivity contribution is 6.04. The van der Waals surface area contributed by atoms with Crippen molar-refractivity contribution in [2.24, 2.45) is 0 Å². The number of carbonyl (C=O) groups is 2. The first-order valence-electron chi connectivity index (χ1n) is 13.0. The van der Waals surface area contributed by atoms with Crippen molar-refractivity contribution < 1.29 is 19.4 Å². The summed E-state index contributed by atoms with van der Waals surface area (Å²) < 4.78 is 5.75. The fraction of sp³-hybridized carbons (Fsp3) is 0.379. The number of likely N-dealkylation sites (N-methyl/N-ethyl adjacent to an activating group) is 1. The number of nitrogens with one attached hydrogen (secondary N) is 3. The van der Waals surface area contributed by atoms with Crippen molar-refractivity contribution in [1.82, 2.24) is 16.0 Å². The quantitative estimate of drug-likeness (QED) is 0.421. The standard InChI is InChI=1S/C29H35N5O4/c1-18(30-2)27(35)32-23-17-33-14-6-13-31-28(36)20-9-11-21-19(15-20)10-12-26(38-3)22(21)16-34(29(23)37)25-8-5-4-7-24(25)33/h4-5,7-12,15,18,23,28,30-31,36H,6,13-14,16-17H2,1-3H3,(H,32,35). The van der Waals surface area contributed by atoms with Crippen LogP contribution in [0, 0.1) is 0 Å². The molecule has 0 radical (unpaired) electrons. The molecule has 0 saturated carbocycles. The number of anilines is 2. The Morgan fingerprint density at radius 3 is 2.71 bits per heavy atom. The van der Waals surface area contributed by atoms with Crippen molar-refractivity contribution in [2.45, 2.75) is 38.2 Å². The molecule has 38 heavy (non-hydrogen) atoms. The molecular weight excluding hydrogens is 482 g/mol. The molecule has 3 heterocycles. The molecule has 0 aromatic heterocycles. The third kappa shape index (κ3) is 4.92. The van der Waals surface area contributed by atoms with Crippen LogP contribution in [-0.2, 0) is 16.1 Å². The minimum absolute atomic E-state index is 0.173. The summed E-state index contributed by atoms with van der Waals surface area (Å²) in [7, 11) is 3.34. The molecule has 3 atom stereocenters. The van der Waals surface area contributed by atoms with E-state index in [1.807, 2.05) is 54.6 Å². The van der Waals surface area contributed by atoms with Crippen molar-refractivity contribution in [2.75, 3.05) is 43.6 Å². The third-order valence-corrected chi connectivity index (χ3v) is 7.53. The predicted octanol–water partition coefficient (Wildman–Crippen LogP) is 2.28. The molecule has 0 spiro atoms. The molecule has 200 valence electrons. The number of benzene rings is 3. The molecule has 6 rings (SSSR count). The molecule has 0 aliphatic carbocycles. The van der Waals surface area contributed by atoms with Crippen LogP contribution in [0.4, 0.5) is 11.4 Å². The van der Waals surface area contributed by atoms with Gasteiger partial charge in [-0.3, -0.25) is 14.9 Å². The summed E-state index contributed by atoms with van der Waals surface area (Å²) in [6, 6.07) is 16.4. The Hall–Kier alpha value is -3.66. The number of para-hydroxylation sites is 2. The van der Waals surface area contributed by atoms with Gasteiger partial charge in [0.2, 0.25) is 5.91 Å². The SMILES string of the molecule is CNC(C)C(=O)NC1CN2CCCNC(O)c3ccc4c(c(OC)ccc4c3)CN(C1=O)c1ccccc12. The van der Waals surface area contributed by atoms with Gasteiger partial charge in [0, 0.05) is 18.7 Å². The Morgan fingerprint density at radius 1 is 1.16 bits per heavy atom. The lowest BCUT2D eigenvalue weighted by Crippen LogP contribution is -2.55. The van der Waals surface area contributed by atoms with E-state index in [1.165, 1.54) is 0 Å². The number of hydrogen-bond donors (Lipinski definition) is 4. The van der Waals surface area contributed by atoms with Gasteiger partial charge >= 0.3 is 0 Å².